The van der Waals surface area contributed by atoms with Crippen molar-refractivity contribution >= 4 is 61.6 Å². The summed E-state index contributed by atoms with van der Waals surface area (Å²) in [5.41, 5.74) is 4.10. The molecule has 9 heteroatoms. The number of furan rings is 1. The van der Waals surface area contributed by atoms with E-state index in [1.54, 1.807) is 12.1 Å². The van der Waals surface area contributed by atoms with Crippen LogP contribution in [0.4, 0.5) is 11.4 Å². The molecule has 2 N–H and O–H groups in total. The second-order valence-corrected chi connectivity index (χ2v) is 13.3. The summed E-state index contributed by atoms with van der Waals surface area (Å²) >= 11 is 8.18. The fraction of sp³-hybridized carbons (Fsp3) is 0.300. The molecule has 204 valence electrons. The van der Waals surface area contributed by atoms with Crippen LogP contribution in [0.15, 0.2) is 70.0 Å². The number of halogens is 1. The second kappa shape index (κ2) is 11.7. The van der Waals surface area contributed by atoms with Gasteiger partial charge in [0, 0.05) is 27.6 Å². The lowest BCUT2D eigenvalue weighted by Gasteiger charge is -2.20. The number of para-hydroxylation sites is 1. The molecule has 1 amide bonds. The number of benzene rings is 3. The predicted octanol–water partition coefficient (Wildman–Crippen LogP) is 8.32. The lowest BCUT2D eigenvalue weighted by molar-refractivity contribution is 0.0997. The standard InChI is InChI=1S/C30H31ClN2O4S2/c1-19-12-15-26(20(2)16-19)33-39(35,36)28-17-21(13-14-25(28)31)32-30(34)29-24(18-38-22-8-4-3-5-9-22)23-10-6-7-11-27(23)37-29/h6-7,10-17,22,33H,3-5,8-9,18H2,1-2H3,(H,32,34). The van der Waals surface area contributed by atoms with Gasteiger partial charge in [-0.05, 0) is 62.6 Å². The summed E-state index contributed by atoms with van der Waals surface area (Å²) in [5.74, 6) is 0.482. The molecule has 1 aliphatic carbocycles. The van der Waals surface area contributed by atoms with Gasteiger partial charge >= 0.3 is 0 Å². The number of carbonyl (C=O) groups is 1. The number of rotatable bonds is 8. The van der Waals surface area contributed by atoms with Gasteiger partial charge in [0.05, 0.1) is 10.7 Å². The van der Waals surface area contributed by atoms with Gasteiger partial charge in [0.15, 0.2) is 5.76 Å². The zero-order chi connectivity index (χ0) is 27.6. The van der Waals surface area contributed by atoms with Gasteiger partial charge < -0.3 is 9.73 Å². The first kappa shape index (κ1) is 27.6. The van der Waals surface area contributed by atoms with Crippen LogP contribution >= 0.6 is 23.4 Å². The summed E-state index contributed by atoms with van der Waals surface area (Å²) < 4.78 is 35.1. The minimum absolute atomic E-state index is 0.0542. The third kappa shape index (κ3) is 6.29. The number of thioether (sulfide) groups is 1. The van der Waals surface area contributed by atoms with Crippen molar-refractivity contribution in [3.05, 3.63) is 88.1 Å². The lowest BCUT2D eigenvalue weighted by atomic mass is 10.0. The molecule has 6 nitrogen and oxygen atoms in total. The van der Waals surface area contributed by atoms with E-state index in [0.29, 0.717) is 28.0 Å². The van der Waals surface area contributed by atoms with Gasteiger partial charge in [0.1, 0.15) is 10.5 Å². The molecule has 0 unspecified atom stereocenters. The van der Waals surface area contributed by atoms with Crippen LogP contribution < -0.4 is 10.0 Å². The van der Waals surface area contributed by atoms with E-state index in [2.05, 4.69) is 10.0 Å². The summed E-state index contributed by atoms with van der Waals surface area (Å²) in [5, 5.41) is 4.38. The Kier molecular flexibility index (Phi) is 8.26. The highest BCUT2D eigenvalue weighted by Gasteiger charge is 2.24. The Bertz CT molecular complexity index is 1630. The summed E-state index contributed by atoms with van der Waals surface area (Å²) in [6.45, 7) is 3.77. The first-order valence-electron chi connectivity index (χ1n) is 13.0. The van der Waals surface area contributed by atoms with Crippen molar-refractivity contribution in [3.63, 3.8) is 0 Å². The monoisotopic (exact) mass is 582 g/mol. The first-order valence-corrected chi connectivity index (χ1v) is 16.0. The molecule has 1 aromatic heterocycles. The molecule has 0 radical (unpaired) electrons. The molecular formula is C30H31ClN2O4S2. The molecule has 0 spiro atoms. The molecule has 3 aromatic carbocycles. The van der Waals surface area contributed by atoms with Crippen LogP contribution in [-0.4, -0.2) is 19.6 Å². The van der Waals surface area contributed by atoms with Crippen molar-refractivity contribution in [2.24, 2.45) is 0 Å². The third-order valence-electron chi connectivity index (χ3n) is 7.02. The number of carbonyl (C=O) groups excluding carboxylic acids is 1. The maximum atomic E-state index is 13.5. The number of sulfonamides is 1. The maximum absolute atomic E-state index is 13.5. The largest absolute Gasteiger partial charge is 0.451 e. The first-order chi connectivity index (χ1) is 18.7. The topological polar surface area (TPSA) is 88.4 Å². The highest BCUT2D eigenvalue weighted by Crippen LogP contribution is 2.36. The normalized spacial score (nSPS) is 14.4. The maximum Gasteiger partial charge on any atom is 0.291 e. The minimum atomic E-state index is -4.01. The molecule has 0 atom stereocenters. The fourth-order valence-corrected chi connectivity index (χ4v) is 7.97. The quantitative estimate of drug-likeness (QED) is 0.218. The Labute approximate surface area is 238 Å². The van der Waals surface area contributed by atoms with Crippen molar-refractivity contribution < 1.29 is 17.6 Å². The number of fused-ring (bicyclic) bond motifs is 1. The van der Waals surface area contributed by atoms with Gasteiger partial charge in [-0.15, -0.1) is 0 Å². The van der Waals surface area contributed by atoms with Crippen LogP contribution in [0, 0.1) is 13.8 Å². The van der Waals surface area contributed by atoms with E-state index in [4.69, 9.17) is 16.0 Å². The van der Waals surface area contributed by atoms with E-state index in [0.717, 1.165) is 22.1 Å². The molecule has 0 aliphatic heterocycles. The summed E-state index contributed by atoms with van der Waals surface area (Å²) in [6, 6.07) is 17.5. The van der Waals surface area contributed by atoms with E-state index in [1.165, 1.54) is 44.2 Å². The molecule has 4 aromatic rings. The Morgan fingerprint density at radius 2 is 1.79 bits per heavy atom. The number of nitrogens with one attached hydrogen (secondary N) is 2. The molecule has 5 rings (SSSR count). The van der Waals surface area contributed by atoms with Crippen LogP contribution in [0.25, 0.3) is 11.0 Å². The summed E-state index contributed by atoms with van der Waals surface area (Å²) in [4.78, 5) is 13.3. The van der Waals surface area contributed by atoms with Gasteiger partial charge in [-0.2, -0.15) is 11.8 Å². The SMILES string of the molecule is Cc1ccc(NS(=O)(=O)c2cc(NC(=O)c3oc4ccccc4c3CSC3CCCCC3)ccc2Cl)c(C)c1. The minimum Gasteiger partial charge on any atom is -0.451 e. The highest BCUT2D eigenvalue weighted by atomic mass is 35.5. The number of amides is 1. The number of hydrogen-bond donors (Lipinski definition) is 2. The van der Waals surface area contributed by atoms with Crippen molar-refractivity contribution in [3.8, 4) is 0 Å². The summed E-state index contributed by atoms with van der Waals surface area (Å²) in [7, 11) is -4.01. The zero-order valence-electron chi connectivity index (χ0n) is 21.9. The predicted molar refractivity (Wildman–Crippen MR) is 161 cm³/mol. The van der Waals surface area contributed by atoms with E-state index in [1.807, 2.05) is 62.0 Å². The van der Waals surface area contributed by atoms with Crippen molar-refractivity contribution in [2.75, 3.05) is 10.0 Å². The Morgan fingerprint density at radius 3 is 2.56 bits per heavy atom. The average molecular weight is 583 g/mol. The van der Waals surface area contributed by atoms with Gasteiger partial charge in [0.2, 0.25) is 0 Å². The van der Waals surface area contributed by atoms with Gasteiger partial charge in [-0.25, -0.2) is 8.42 Å². The van der Waals surface area contributed by atoms with Gasteiger partial charge in [-0.1, -0.05) is 66.8 Å². The Hall–Kier alpha value is -2.94. The van der Waals surface area contributed by atoms with E-state index >= 15 is 0 Å². The molecule has 0 saturated heterocycles. The van der Waals surface area contributed by atoms with Crippen molar-refractivity contribution in [1.29, 1.82) is 0 Å². The van der Waals surface area contributed by atoms with Crippen LogP contribution in [0.5, 0.6) is 0 Å². The molecule has 1 heterocycles. The van der Waals surface area contributed by atoms with Crippen LogP contribution in [0.2, 0.25) is 5.02 Å². The van der Waals surface area contributed by atoms with Crippen LogP contribution in [0.3, 0.4) is 0 Å². The van der Waals surface area contributed by atoms with Crippen LogP contribution in [-0.2, 0) is 15.8 Å². The average Bonchev–Trinajstić information content (AvgIpc) is 3.29. The fourth-order valence-electron chi connectivity index (χ4n) is 4.96. The van der Waals surface area contributed by atoms with E-state index in [9.17, 15) is 13.2 Å². The highest BCUT2D eigenvalue weighted by molar-refractivity contribution is 7.99. The smallest absolute Gasteiger partial charge is 0.291 e. The van der Waals surface area contributed by atoms with Crippen LogP contribution in [0.1, 0.15) is 59.3 Å². The molecular weight excluding hydrogens is 552 g/mol. The van der Waals surface area contributed by atoms with Gasteiger partial charge in [-0.3, -0.25) is 9.52 Å². The van der Waals surface area contributed by atoms with E-state index < -0.39 is 15.9 Å². The summed E-state index contributed by atoms with van der Waals surface area (Å²) in [6.07, 6.45) is 6.17. The lowest BCUT2D eigenvalue weighted by Crippen LogP contribution is -2.16. The molecule has 1 aliphatic rings. The number of aryl methyl sites for hydroxylation is 2. The van der Waals surface area contributed by atoms with Crippen molar-refractivity contribution in [2.45, 2.75) is 61.8 Å². The number of anilines is 2. The zero-order valence-corrected chi connectivity index (χ0v) is 24.3. The van der Waals surface area contributed by atoms with Crippen molar-refractivity contribution in [1.82, 2.24) is 0 Å². The van der Waals surface area contributed by atoms with Gasteiger partial charge in [0.25, 0.3) is 15.9 Å². The molecule has 39 heavy (non-hydrogen) atoms. The number of hydrogen-bond acceptors (Lipinski definition) is 5. The molecule has 1 fully saturated rings. The molecule has 1 saturated carbocycles. The second-order valence-electron chi connectivity index (χ2n) is 10.0. The Morgan fingerprint density at radius 1 is 1.03 bits per heavy atom. The molecule has 0 bridgehead atoms. The Balaban J connectivity index is 1.40. The van der Waals surface area contributed by atoms with E-state index in [-0.39, 0.29) is 15.7 Å². The third-order valence-corrected chi connectivity index (χ3v) is 10.3.